The van der Waals surface area contributed by atoms with Crippen LogP contribution in [-0.4, -0.2) is 54.4 Å². The van der Waals surface area contributed by atoms with Gasteiger partial charge in [0.1, 0.15) is 5.82 Å². The summed E-state index contributed by atoms with van der Waals surface area (Å²) in [5, 5.41) is 19.8. The van der Waals surface area contributed by atoms with Crippen molar-refractivity contribution in [3.8, 4) is 0 Å². The first-order valence-corrected chi connectivity index (χ1v) is 8.48. The molecule has 8 heteroatoms. The van der Waals surface area contributed by atoms with Crippen LogP contribution < -0.4 is 0 Å². The Labute approximate surface area is 140 Å². The van der Waals surface area contributed by atoms with Crippen LogP contribution in [0.2, 0.25) is 0 Å². The predicted octanol–water partition coefficient (Wildman–Crippen LogP) is 1.56. The zero-order valence-electron chi connectivity index (χ0n) is 13.9. The minimum Gasteiger partial charge on any atom is -0.481 e. The van der Waals surface area contributed by atoms with Crippen molar-refractivity contribution in [2.75, 3.05) is 13.1 Å². The number of hydrogen-bond donors (Lipinski definition) is 3. The fourth-order valence-electron chi connectivity index (χ4n) is 3.44. The molecule has 0 aromatic carbocycles. The predicted molar refractivity (Wildman–Crippen MR) is 87.3 cm³/mol. The number of carbonyl (C=O) groups is 1. The largest absolute Gasteiger partial charge is 0.481 e. The highest BCUT2D eigenvalue weighted by molar-refractivity contribution is 5.67. The van der Waals surface area contributed by atoms with E-state index in [0.29, 0.717) is 0 Å². The molecule has 2 atom stereocenters. The molecule has 0 saturated carbocycles. The average Bonchev–Trinajstić information content (AvgIpc) is 3.26. The van der Waals surface area contributed by atoms with Gasteiger partial charge in [0.15, 0.2) is 0 Å². The number of rotatable bonds is 8. The van der Waals surface area contributed by atoms with Gasteiger partial charge in [0.25, 0.3) is 0 Å². The van der Waals surface area contributed by atoms with Crippen molar-refractivity contribution in [3.63, 3.8) is 0 Å². The molecule has 0 aliphatic carbocycles. The molecule has 0 spiro atoms. The van der Waals surface area contributed by atoms with Crippen LogP contribution in [0.1, 0.15) is 49.3 Å². The maximum Gasteiger partial charge on any atom is 0.303 e. The van der Waals surface area contributed by atoms with E-state index in [1.807, 2.05) is 6.20 Å². The second-order valence-electron chi connectivity index (χ2n) is 6.51. The van der Waals surface area contributed by atoms with Gasteiger partial charge in [-0.2, -0.15) is 15.4 Å². The smallest absolute Gasteiger partial charge is 0.303 e. The normalized spacial score (nSPS) is 21.4. The quantitative estimate of drug-likeness (QED) is 0.676. The fraction of sp³-hybridized carbons (Fsp3) is 0.625. The molecule has 0 radical (unpaired) electrons. The number of carboxylic acid groups (broad SMARTS) is 1. The van der Waals surface area contributed by atoms with Crippen molar-refractivity contribution in [2.24, 2.45) is 5.92 Å². The maximum absolute atomic E-state index is 11.2. The zero-order valence-corrected chi connectivity index (χ0v) is 13.9. The Balaban J connectivity index is 1.64. The Morgan fingerprint density at radius 3 is 3.00 bits per heavy atom. The molecule has 1 fully saturated rings. The molecule has 2 aromatic rings. The van der Waals surface area contributed by atoms with Crippen LogP contribution in [0.25, 0.3) is 0 Å². The van der Waals surface area contributed by atoms with Gasteiger partial charge in [0, 0.05) is 43.9 Å². The number of hydrogen-bond acceptors (Lipinski definition) is 5. The second kappa shape index (κ2) is 7.57. The van der Waals surface area contributed by atoms with Crippen LogP contribution in [0.4, 0.5) is 0 Å². The Kier molecular flexibility index (Phi) is 5.24. The van der Waals surface area contributed by atoms with E-state index in [9.17, 15) is 9.90 Å². The Morgan fingerprint density at radius 2 is 2.29 bits per heavy atom. The van der Waals surface area contributed by atoms with Gasteiger partial charge in [-0.15, -0.1) is 0 Å². The standard InChI is InChI=1S/C16H24N6O2/c1-2-3-4-15-17-6-12(19-15)9-22-8-11(5-16(23)24)13(10-22)14-7-18-21-20-14/h6-7,11,13H,2-5,8-10H2,1H3,(H,17,19)(H,23,24)(H,18,20,21)/t11-,13+/m1/s1. The van der Waals surface area contributed by atoms with E-state index in [4.69, 9.17) is 0 Å². The molecule has 1 aliphatic heterocycles. The summed E-state index contributed by atoms with van der Waals surface area (Å²) in [5.41, 5.74) is 1.92. The van der Waals surface area contributed by atoms with Crippen molar-refractivity contribution < 1.29 is 9.90 Å². The van der Waals surface area contributed by atoms with Crippen LogP contribution in [-0.2, 0) is 17.8 Å². The minimum atomic E-state index is -0.765. The molecular formula is C16H24N6O2. The highest BCUT2D eigenvalue weighted by atomic mass is 16.4. The van der Waals surface area contributed by atoms with Crippen molar-refractivity contribution in [1.82, 2.24) is 30.3 Å². The lowest BCUT2D eigenvalue weighted by Crippen LogP contribution is -2.21. The molecule has 3 rings (SSSR count). The van der Waals surface area contributed by atoms with E-state index in [-0.39, 0.29) is 18.3 Å². The van der Waals surface area contributed by atoms with E-state index in [2.05, 4.69) is 37.2 Å². The van der Waals surface area contributed by atoms with Gasteiger partial charge >= 0.3 is 5.97 Å². The third-order valence-electron chi connectivity index (χ3n) is 4.61. The first-order valence-electron chi connectivity index (χ1n) is 8.48. The number of aryl methyl sites for hydroxylation is 1. The van der Waals surface area contributed by atoms with E-state index < -0.39 is 5.97 Å². The Bertz CT molecular complexity index is 653. The summed E-state index contributed by atoms with van der Waals surface area (Å²) in [4.78, 5) is 21.2. The van der Waals surface area contributed by atoms with Gasteiger partial charge in [-0.3, -0.25) is 9.69 Å². The number of nitrogens with one attached hydrogen (secondary N) is 2. The van der Waals surface area contributed by atoms with Crippen LogP contribution in [0.15, 0.2) is 12.4 Å². The van der Waals surface area contributed by atoms with Crippen LogP contribution in [0.5, 0.6) is 0 Å². The van der Waals surface area contributed by atoms with Gasteiger partial charge in [0.2, 0.25) is 0 Å². The molecule has 2 aromatic heterocycles. The van der Waals surface area contributed by atoms with Crippen molar-refractivity contribution in [1.29, 1.82) is 0 Å². The summed E-state index contributed by atoms with van der Waals surface area (Å²) in [5.74, 6) is 0.414. The Hall–Kier alpha value is -2.22. The molecular weight excluding hydrogens is 308 g/mol. The molecule has 130 valence electrons. The molecule has 3 N–H and O–H groups in total. The molecule has 1 aliphatic rings. The van der Waals surface area contributed by atoms with E-state index in [1.165, 1.54) is 0 Å². The SMILES string of the molecule is CCCCc1ncc(CN2C[C@@H](CC(=O)O)[C@@H](c3cn[nH]n3)C2)[nH]1. The number of aliphatic carboxylic acids is 1. The molecule has 0 unspecified atom stereocenters. The highest BCUT2D eigenvalue weighted by Gasteiger charge is 2.36. The summed E-state index contributed by atoms with van der Waals surface area (Å²) >= 11 is 0. The van der Waals surface area contributed by atoms with E-state index in [1.54, 1.807) is 6.20 Å². The van der Waals surface area contributed by atoms with Crippen LogP contribution >= 0.6 is 0 Å². The lowest BCUT2D eigenvalue weighted by molar-refractivity contribution is -0.138. The Morgan fingerprint density at radius 1 is 1.42 bits per heavy atom. The molecule has 0 amide bonds. The lowest BCUT2D eigenvalue weighted by Gasteiger charge is -2.13. The zero-order chi connectivity index (χ0) is 16.9. The number of nitrogens with zero attached hydrogens (tertiary/aromatic N) is 4. The summed E-state index contributed by atoms with van der Waals surface area (Å²) in [7, 11) is 0. The van der Waals surface area contributed by atoms with E-state index in [0.717, 1.165) is 56.1 Å². The topological polar surface area (TPSA) is 111 Å². The third-order valence-corrected chi connectivity index (χ3v) is 4.61. The van der Waals surface area contributed by atoms with Crippen LogP contribution in [0.3, 0.4) is 0 Å². The summed E-state index contributed by atoms with van der Waals surface area (Å²) < 4.78 is 0. The summed E-state index contributed by atoms with van der Waals surface area (Å²) in [6.45, 7) is 4.45. The molecule has 0 bridgehead atoms. The fourth-order valence-corrected chi connectivity index (χ4v) is 3.44. The van der Waals surface area contributed by atoms with E-state index >= 15 is 0 Å². The first-order chi connectivity index (χ1) is 11.7. The summed E-state index contributed by atoms with van der Waals surface area (Å²) in [6.07, 6.45) is 6.99. The van der Waals surface area contributed by atoms with Gasteiger partial charge in [-0.1, -0.05) is 13.3 Å². The van der Waals surface area contributed by atoms with Gasteiger partial charge in [-0.25, -0.2) is 4.98 Å². The molecule has 3 heterocycles. The maximum atomic E-state index is 11.2. The van der Waals surface area contributed by atoms with Gasteiger partial charge < -0.3 is 10.1 Å². The third kappa shape index (κ3) is 4.00. The minimum absolute atomic E-state index is 0.0510. The number of unbranched alkanes of at least 4 members (excludes halogenated alkanes) is 1. The highest BCUT2D eigenvalue weighted by Crippen LogP contribution is 2.34. The molecule has 1 saturated heterocycles. The average molecular weight is 332 g/mol. The number of carboxylic acids is 1. The van der Waals surface area contributed by atoms with Crippen molar-refractivity contribution in [2.45, 2.75) is 45.1 Å². The van der Waals surface area contributed by atoms with Gasteiger partial charge in [-0.05, 0) is 12.3 Å². The van der Waals surface area contributed by atoms with Crippen molar-refractivity contribution in [3.05, 3.63) is 29.6 Å². The van der Waals surface area contributed by atoms with Crippen LogP contribution in [0, 0.1) is 5.92 Å². The molecule has 8 nitrogen and oxygen atoms in total. The second-order valence-corrected chi connectivity index (χ2v) is 6.51. The number of H-pyrrole nitrogens is 2. The molecule has 24 heavy (non-hydrogen) atoms. The van der Waals surface area contributed by atoms with Gasteiger partial charge in [0.05, 0.1) is 18.3 Å². The monoisotopic (exact) mass is 332 g/mol. The number of aromatic amines is 2. The summed E-state index contributed by atoms with van der Waals surface area (Å²) in [6, 6.07) is 0. The lowest BCUT2D eigenvalue weighted by atomic mass is 9.91. The van der Waals surface area contributed by atoms with Crippen molar-refractivity contribution >= 4 is 5.97 Å². The number of aromatic nitrogens is 5. The number of likely N-dealkylation sites (tertiary alicyclic amines) is 1. The first kappa shape index (κ1) is 16.6. The number of imidazole rings is 1.